The smallest absolute Gasteiger partial charge is 0.142 e. The van der Waals surface area contributed by atoms with Gasteiger partial charge in [-0.15, -0.1) is 0 Å². The molecule has 0 fully saturated rings. The van der Waals surface area contributed by atoms with Gasteiger partial charge in [0.05, 0.1) is 13.2 Å². The average molecular weight is 345 g/mol. The summed E-state index contributed by atoms with van der Waals surface area (Å²) in [6, 6.07) is 0. The first-order chi connectivity index (χ1) is 11.0. The van der Waals surface area contributed by atoms with Crippen LogP contribution >= 0.6 is 0 Å². The molecule has 0 rings (SSSR count). The number of hydrogen-bond donors (Lipinski definition) is 0. The molecule has 0 aliphatic heterocycles. The Kier molecular flexibility index (Phi) is 17.4. The summed E-state index contributed by atoms with van der Waals surface area (Å²) in [5, 5.41) is 0. The zero-order valence-electron chi connectivity index (χ0n) is 15.5. The highest BCUT2D eigenvalue weighted by Crippen LogP contribution is 2.08. The van der Waals surface area contributed by atoms with Gasteiger partial charge in [-0.3, -0.25) is 9.59 Å². The minimum absolute atomic E-state index is 0. The van der Waals surface area contributed by atoms with Gasteiger partial charge in [0.2, 0.25) is 0 Å². The normalized spacial score (nSPS) is 13.5. The summed E-state index contributed by atoms with van der Waals surface area (Å²) in [7, 11) is 0. The van der Waals surface area contributed by atoms with Crippen LogP contribution < -0.4 is 0 Å². The van der Waals surface area contributed by atoms with Crippen LogP contribution in [0.3, 0.4) is 0 Å². The number of carbonyl (C=O) groups is 2. The standard InChI is InChI=1S/C20H30O3.Al/c1-17(11-13-21)7-5-9-19(3)15-23-16-20(4)10-6-8-18(2)12-14-22;/h9-14H,5-8,15-16H2,1-4H3;/b17-11-,18-12-,19-9?,20-10?;. The topological polar surface area (TPSA) is 43.4 Å². The van der Waals surface area contributed by atoms with E-state index in [1.165, 1.54) is 11.1 Å². The van der Waals surface area contributed by atoms with E-state index in [4.69, 9.17) is 4.74 Å². The van der Waals surface area contributed by atoms with Crippen LogP contribution in [-0.4, -0.2) is 43.1 Å². The van der Waals surface area contributed by atoms with Gasteiger partial charge in [0, 0.05) is 17.4 Å². The van der Waals surface area contributed by atoms with Crippen LogP contribution in [0.2, 0.25) is 0 Å². The van der Waals surface area contributed by atoms with Crippen LogP contribution in [0.4, 0.5) is 0 Å². The molecule has 0 saturated carbocycles. The monoisotopic (exact) mass is 345 g/mol. The summed E-state index contributed by atoms with van der Waals surface area (Å²) in [5.74, 6) is 0. The van der Waals surface area contributed by atoms with Gasteiger partial charge in [-0.1, -0.05) is 34.4 Å². The Morgan fingerprint density at radius 1 is 0.708 bits per heavy atom. The third-order valence-corrected chi connectivity index (χ3v) is 3.43. The first kappa shape index (κ1) is 25.0. The zero-order chi connectivity index (χ0) is 17.5. The molecular formula is C20H30AlO3. The van der Waals surface area contributed by atoms with Gasteiger partial charge in [-0.2, -0.15) is 0 Å². The van der Waals surface area contributed by atoms with Crippen molar-refractivity contribution in [2.24, 2.45) is 0 Å². The average Bonchev–Trinajstić information content (AvgIpc) is 2.47. The van der Waals surface area contributed by atoms with Gasteiger partial charge >= 0.3 is 0 Å². The summed E-state index contributed by atoms with van der Waals surface area (Å²) in [5.41, 5.74) is 4.62. The van der Waals surface area contributed by atoms with Crippen LogP contribution in [0.25, 0.3) is 0 Å². The highest BCUT2D eigenvalue weighted by Gasteiger charge is 1.95. The van der Waals surface area contributed by atoms with E-state index in [0.717, 1.165) is 49.4 Å². The Hall–Kier alpha value is -1.21. The van der Waals surface area contributed by atoms with E-state index in [9.17, 15) is 9.59 Å². The van der Waals surface area contributed by atoms with Crippen molar-refractivity contribution in [3.63, 3.8) is 0 Å². The van der Waals surface area contributed by atoms with E-state index >= 15 is 0 Å². The van der Waals surface area contributed by atoms with E-state index in [1.807, 2.05) is 13.8 Å². The maximum Gasteiger partial charge on any atom is 0.142 e. The van der Waals surface area contributed by atoms with E-state index < -0.39 is 0 Å². The molecule has 4 heteroatoms. The fourth-order valence-electron chi connectivity index (χ4n) is 1.98. The lowest BCUT2D eigenvalue weighted by atomic mass is 10.1. The van der Waals surface area contributed by atoms with Gasteiger partial charge in [0.15, 0.2) is 0 Å². The van der Waals surface area contributed by atoms with Gasteiger partial charge < -0.3 is 4.74 Å². The van der Waals surface area contributed by atoms with Gasteiger partial charge in [-0.25, -0.2) is 0 Å². The molecule has 0 aromatic rings. The van der Waals surface area contributed by atoms with E-state index in [2.05, 4.69) is 26.0 Å². The summed E-state index contributed by atoms with van der Waals surface area (Å²) in [6.45, 7) is 9.32. The molecule has 0 amide bonds. The van der Waals surface area contributed by atoms with Crippen LogP contribution in [-0.2, 0) is 14.3 Å². The third-order valence-electron chi connectivity index (χ3n) is 3.43. The number of allylic oxidation sites excluding steroid dienone is 6. The summed E-state index contributed by atoms with van der Waals surface area (Å²) >= 11 is 0. The number of aldehydes is 2. The third kappa shape index (κ3) is 15.7. The highest BCUT2D eigenvalue weighted by molar-refractivity contribution is 5.75. The molecule has 0 bridgehead atoms. The van der Waals surface area contributed by atoms with Crippen molar-refractivity contribution in [2.75, 3.05) is 13.2 Å². The van der Waals surface area contributed by atoms with Crippen LogP contribution in [0.5, 0.6) is 0 Å². The van der Waals surface area contributed by atoms with Crippen molar-refractivity contribution < 1.29 is 14.3 Å². The molecule has 0 atom stereocenters. The Bertz CT molecular complexity index is 441. The molecule has 0 unspecified atom stereocenters. The fraction of sp³-hybridized carbons (Fsp3) is 0.500. The Labute approximate surface area is 157 Å². The van der Waals surface area contributed by atoms with Crippen molar-refractivity contribution in [3.8, 4) is 0 Å². The van der Waals surface area contributed by atoms with E-state index in [0.29, 0.717) is 13.2 Å². The van der Waals surface area contributed by atoms with Gasteiger partial charge in [0.1, 0.15) is 12.6 Å². The molecule has 0 N–H and O–H groups in total. The van der Waals surface area contributed by atoms with E-state index in [-0.39, 0.29) is 17.4 Å². The summed E-state index contributed by atoms with van der Waals surface area (Å²) in [6.07, 6.45) is 12.9. The number of hydrogen-bond acceptors (Lipinski definition) is 3. The molecule has 0 heterocycles. The Morgan fingerprint density at radius 3 is 1.42 bits per heavy atom. The minimum atomic E-state index is 0. The number of carbonyl (C=O) groups excluding carboxylic acids is 2. The molecule has 0 aliphatic carbocycles. The number of ether oxygens (including phenoxy) is 1. The SMILES string of the molecule is CC(=CCC/C(C)=C\C=O)COCC(C)=CCC/C(C)=C\C=O.[Al]. The van der Waals surface area contributed by atoms with Crippen molar-refractivity contribution in [2.45, 2.75) is 53.4 Å². The van der Waals surface area contributed by atoms with Crippen LogP contribution in [0.15, 0.2) is 46.6 Å². The fourth-order valence-corrected chi connectivity index (χ4v) is 1.98. The first-order valence-corrected chi connectivity index (χ1v) is 8.10. The molecular weight excluding hydrogens is 315 g/mol. The molecule has 0 spiro atoms. The second-order valence-corrected chi connectivity index (χ2v) is 5.97. The number of rotatable bonds is 12. The lowest BCUT2D eigenvalue weighted by Crippen LogP contribution is -1.99. The second-order valence-electron chi connectivity index (χ2n) is 5.97. The maximum atomic E-state index is 10.3. The van der Waals surface area contributed by atoms with Gasteiger partial charge in [0.25, 0.3) is 0 Å². The predicted molar refractivity (Wildman–Crippen MR) is 102 cm³/mol. The molecule has 0 aliphatic rings. The molecule has 0 aromatic heterocycles. The quantitative estimate of drug-likeness (QED) is 0.228. The lowest BCUT2D eigenvalue weighted by molar-refractivity contribution is -0.104. The second kappa shape index (κ2) is 16.6. The highest BCUT2D eigenvalue weighted by atomic mass is 27.0. The predicted octanol–water partition coefficient (Wildman–Crippen LogP) is 4.37. The van der Waals surface area contributed by atoms with Crippen LogP contribution in [0, 0.1) is 0 Å². The largest absolute Gasteiger partial charge is 0.373 e. The molecule has 131 valence electrons. The molecule has 24 heavy (non-hydrogen) atoms. The Morgan fingerprint density at radius 2 is 1.08 bits per heavy atom. The minimum Gasteiger partial charge on any atom is -0.373 e. The van der Waals surface area contributed by atoms with Gasteiger partial charge in [-0.05, 0) is 65.5 Å². The van der Waals surface area contributed by atoms with Crippen molar-refractivity contribution in [1.29, 1.82) is 0 Å². The van der Waals surface area contributed by atoms with E-state index in [1.54, 1.807) is 12.2 Å². The first-order valence-electron chi connectivity index (χ1n) is 8.10. The molecule has 0 saturated heterocycles. The van der Waals surface area contributed by atoms with Crippen molar-refractivity contribution in [1.82, 2.24) is 0 Å². The lowest BCUT2D eigenvalue weighted by Gasteiger charge is -2.06. The Balaban J connectivity index is 0. The molecule has 3 nitrogen and oxygen atoms in total. The molecule has 3 radical (unpaired) electrons. The zero-order valence-corrected chi connectivity index (χ0v) is 16.7. The van der Waals surface area contributed by atoms with Crippen LogP contribution in [0.1, 0.15) is 53.4 Å². The maximum absolute atomic E-state index is 10.3. The summed E-state index contributed by atoms with van der Waals surface area (Å²) in [4.78, 5) is 20.7. The van der Waals surface area contributed by atoms with Crippen molar-refractivity contribution >= 4 is 29.9 Å². The van der Waals surface area contributed by atoms with Crippen molar-refractivity contribution in [3.05, 3.63) is 46.6 Å². The molecule has 0 aromatic carbocycles. The summed E-state index contributed by atoms with van der Waals surface area (Å²) < 4.78 is 5.69.